The fourth-order valence-corrected chi connectivity index (χ4v) is 1.58. The van der Waals surface area contributed by atoms with Crippen LogP contribution in [0, 0.1) is 0 Å². The summed E-state index contributed by atoms with van der Waals surface area (Å²) in [6.45, 7) is 1.77. The molecule has 1 atom stereocenters. The van der Waals surface area contributed by atoms with Crippen molar-refractivity contribution in [3.05, 3.63) is 35.0 Å². The Bertz CT molecular complexity index is 556. The minimum Gasteiger partial charge on any atom is -0.384 e. The first-order chi connectivity index (χ1) is 8.58. The molecule has 1 unspecified atom stereocenters. The highest BCUT2D eigenvalue weighted by molar-refractivity contribution is 6.33. The smallest absolute Gasteiger partial charge is 0.253 e. The number of pyridine rings is 1. The molecule has 94 valence electrons. The molecule has 2 aromatic heterocycles. The van der Waals surface area contributed by atoms with Crippen molar-refractivity contribution in [1.82, 2.24) is 25.5 Å². The number of amides is 1. The molecular formula is C10H11ClN6O. The molecule has 0 aliphatic rings. The number of aromatic nitrogens is 4. The van der Waals surface area contributed by atoms with Gasteiger partial charge in [0.15, 0.2) is 0 Å². The number of carbonyl (C=O) groups excluding carboxylic acids is 1. The second-order valence-electron chi connectivity index (χ2n) is 3.65. The lowest BCUT2D eigenvalue weighted by molar-refractivity contribution is 0.0938. The number of rotatable bonds is 3. The van der Waals surface area contributed by atoms with Gasteiger partial charge in [-0.15, -0.1) is 0 Å². The van der Waals surface area contributed by atoms with Gasteiger partial charge in [0.05, 0.1) is 16.6 Å². The van der Waals surface area contributed by atoms with Gasteiger partial charge in [-0.05, 0) is 13.0 Å². The molecule has 4 N–H and O–H groups in total. The number of H-pyrrole nitrogens is 1. The fourth-order valence-electron chi connectivity index (χ4n) is 1.40. The van der Waals surface area contributed by atoms with E-state index in [1.165, 1.54) is 18.6 Å². The number of aromatic amines is 1. The Morgan fingerprint density at radius 2 is 2.33 bits per heavy atom. The Kier molecular flexibility index (Phi) is 3.42. The molecular weight excluding hydrogens is 256 g/mol. The number of nitrogens with zero attached hydrogens (tertiary/aromatic N) is 3. The SMILES string of the molecule is CC(NC(=O)c1cc(N)ncc1Cl)c1ncn[nH]1. The van der Waals surface area contributed by atoms with Crippen molar-refractivity contribution in [3.63, 3.8) is 0 Å². The van der Waals surface area contributed by atoms with E-state index in [9.17, 15) is 4.79 Å². The van der Waals surface area contributed by atoms with Gasteiger partial charge in [-0.1, -0.05) is 11.6 Å². The number of anilines is 1. The molecule has 0 saturated carbocycles. The number of hydrogen-bond donors (Lipinski definition) is 3. The normalized spacial score (nSPS) is 12.1. The highest BCUT2D eigenvalue weighted by atomic mass is 35.5. The quantitative estimate of drug-likeness (QED) is 0.765. The molecule has 0 aliphatic heterocycles. The zero-order valence-electron chi connectivity index (χ0n) is 9.51. The van der Waals surface area contributed by atoms with Crippen LogP contribution < -0.4 is 11.1 Å². The standard InChI is InChI=1S/C10H11ClN6O/c1-5(9-14-4-15-17-9)16-10(18)6-2-8(12)13-3-7(6)11/h2-5H,1H3,(H2,12,13)(H,16,18)(H,14,15,17). The average molecular weight is 267 g/mol. The molecule has 18 heavy (non-hydrogen) atoms. The molecule has 2 aromatic rings. The summed E-state index contributed by atoms with van der Waals surface area (Å²) in [5, 5.41) is 9.35. The molecule has 2 rings (SSSR count). The van der Waals surface area contributed by atoms with E-state index in [0.29, 0.717) is 5.82 Å². The summed E-state index contributed by atoms with van der Waals surface area (Å²) in [4.78, 5) is 19.7. The summed E-state index contributed by atoms with van der Waals surface area (Å²) in [6.07, 6.45) is 2.71. The Morgan fingerprint density at radius 1 is 1.56 bits per heavy atom. The van der Waals surface area contributed by atoms with Crippen LogP contribution in [0.4, 0.5) is 5.82 Å². The number of nitrogen functional groups attached to an aromatic ring is 1. The number of nitrogens with two attached hydrogens (primary N) is 1. The first-order valence-corrected chi connectivity index (χ1v) is 5.53. The summed E-state index contributed by atoms with van der Waals surface area (Å²) in [6, 6.07) is 1.11. The van der Waals surface area contributed by atoms with Gasteiger partial charge in [0.2, 0.25) is 0 Å². The average Bonchev–Trinajstić information content (AvgIpc) is 2.85. The van der Waals surface area contributed by atoms with Crippen LogP contribution in [0.25, 0.3) is 0 Å². The van der Waals surface area contributed by atoms with Gasteiger partial charge in [-0.25, -0.2) is 9.97 Å². The highest BCUT2D eigenvalue weighted by Gasteiger charge is 2.16. The summed E-state index contributed by atoms with van der Waals surface area (Å²) in [5.41, 5.74) is 5.79. The van der Waals surface area contributed by atoms with E-state index < -0.39 is 0 Å². The van der Waals surface area contributed by atoms with Crippen LogP contribution in [0.15, 0.2) is 18.6 Å². The van der Waals surface area contributed by atoms with Crippen LogP contribution in [0.2, 0.25) is 5.02 Å². The molecule has 2 heterocycles. The third-order valence-electron chi connectivity index (χ3n) is 2.31. The lowest BCUT2D eigenvalue weighted by Crippen LogP contribution is -2.27. The van der Waals surface area contributed by atoms with Gasteiger partial charge < -0.3 is 11.1 Å². The maximum atomic E-state index is 12.0. The van der Waals surface area contributed by atoms with Crippen molar-refractivity contribution >= 4 is 23.3 Å². The van der Waals surface area contributed by atoms with Crippen LogP contribution in [0.3, 0.4) is 0 Å². The van der Waals surface area contributed by atoms with Crippen LogP contribution in [0.1, 0.15) is 29.1 Å². The van der Waals surface area contributed by atoms with Gasteiger partial charge in [-0.3, -0.25) is 9.89 Å². The second kappa shape index (κ2) is 5.01. The van der Waals surface area contributed by atoms with E-state index in [1.54, 1.807) is 6.92 Å². The molecule has 0 bridgehead atoms. The monoisotopic (exact) mass is 266 g/mol. The molecule has 0 saturated heterocycles. The van der Waals surface area contributed by atoms with Gasteiger partial charge in [0.25, 0.3) is 5.91 Å². The topological polar surface area (TPSA) is 110 Å². The van der Waals surface area contributed by atoms with Crippen LogP contribution >= 0.6 is 11.6 Å². The molecule has 0 aromatic carbocycles. The van der Waals surface area contributed by atoms with E-state index in [2.05, 4.69) is 25.5 Å². The number of hydrogen-bond acceptors (Lipinski definition) is 5. The van der Waals surface area contributed by atoms with Crippen LogP contribution in [-0.2, 0) is 0 Å². The predicted octanol–water partition coefficient (Wildman–Crippen LogP) is 0.926. The molecule has 1 amide bonds. The molecule has 0 spiro atoms. The largest absolute Gasteiger partial charge is 0.384 e. The van der Waals surface area contributed by atoms with Crippen molar-refractivity contribution in [3.8, 4) is 0 Å². The lowest BCUT2D eigenvalue weighted by Gasteiger charge is -2.11. The Morgan fingerprint density at radius 3 is 3.00 bits per heavy atom. The van der Waals surface area contributed by atoms with E-state index in [4.69, 9.17) is 17.3 Å². The van der Waals surface area contributed by atoms with Gasteiger partial charge in [0.1, 0.15) is 18.0 Å². The predicted molar refractivity (Wildman–Crippen MR) is 65.9 cm³/mol. The first-order valence-electron chi connectivity index (χ1n) is 5.15. The zero-order valence-corrected chi connectivity index (χ0v) is 10.3. The first kappa shape index (κ1) is 12.3. The van der Waals surface area contributed by atoms with Crippen molar-refractivity contribution in [2.75, 3.05) is 5.73 Å². The van der Waals surface area contributed by atoms with Crippen LogP contribution in [0.5, 0.6) is 0 Å². The summed E-state index contributed by atoms with van der Waals surface area (Å²) < 4.78 is 0. The summed E-state index contributed by atoms with van der Waals surface area (Å²) >= 11 is 5.88. The van der Waals surface area contributed by atoms with Gasteiger partial charge in [0, 0.05) is 6.20 Å². The van der Waals surface area contributed by atoms with Gasteiger partial charge in [-0.2, -0.15) is 5.10 Å². The Hall–Kier alpha value is -2.15. The molecule has 0 fully saturated rings. The van der Waals surface area contributed by atoms with E-state index in [1.807, 2.05) is 0 Å². The second-order valence-corrected chi connectivity index (χ2v) is 4.06. The summed E-state index contributed by atoms with van der Waals surface area (Å²) in [7, 11) is 0. The molecule has 7 nitrogen and oxygen atoms in total. The molecule has 0 radical (unpaired) electrons. The number of nitrogens with one attached hydrogen (secondary N) is 2. The molecule has 0 aliphatic carbocycles. The fraction of sp³-hybridized carbons (Fsp3) is 0.200. The van der Waals surface area contributed by atoms with E-state index in [-0.39, 0.29) is 28.4 Å². The maximum absolute atomic E-state index is 12.0. The van der Waals surface area contributed by atoms with E-state index in [0.717, 1.165) is 0 Å². The van der Waals surface area contributed by atoms with Crippen molar-refractivity contribution in [2.24, 2.45) is 0 Å². The van der Waals surface area contributed by atoms with Crippen molar-refractivity contribution in [1.29, 1.82) is 0 Å². The minimum absolute atomic E-state index is 0.233. The van der Waals surface area contributed by atoms with E-state index >= 15 is 0 Å². The molecule has 8 heteroatoms. The zero-order chi connectivity index (χ0) is 13.1. The summed E-state index contributed by atoms with van der Waals surface area (Å²) in [5.74, 6) is 0.441. The Balaban J connectivity index is 2.15. The number of halogens is 1. The van der Waals surface area contributed by atoms with Crippen molar-refractivity contribution in [2.45, 2.75) is 13.0 Å². The van der Waals surface area contributed by atoms with Crippen LogP contribution in [-0.4, -0.2) is 26.1 Å². The Labute approximate surface area is 108 Å². The van der Waals surface area contributed by atoms with Gasteiger partial charge >= 0.3 is 0 Å². The van der Waals surface area contributed by atoms with Crippen molar-refractivity contribution < 1.29 is 4.79 Å². The highest BCUT2D eigenvalue weighted by Crippen LogP contribution is 2.17. The minimum atomic E-state index is -0.349. The third-order valence-corrected chi connectivity index (χ3v) is 2.61. The number of carbonyl (C=O) groups is 1. The maximum Gasteiger partial charge on any atom is 0.253 e. The lowest BCUT2D eigenvalue weighted by atomic mass is 10.2. The third kappa shape index (κ3) is 2.57.